The summed E-state index contributed by atoms with van der Waals surface area (Å²) < 4.78 is 1.79. The Labute approximate surface area is 171 Å². The Morgan fingerprint density at radius 1 is 0.931 bits per heavy atom. The molecule has 5 rings (SSSR count). The second-order valence-corrected chi connectivity index (χ2v) is 7.99. The van der Waals surface area contributed by atoms with Gasteiger partial charge in [0.05, 0.1) is 5.69 Å². The van der Waals surface area contributed by atoms with Crippen LogP contribution in [0.2, 0.25) is 0 Å². The van der Waals surface area contributed by atoms with Gasteiger partial charge in [0.1, 0.15) is 0 Å². The molecule has 2 aliphatic rings. The van der Waals surface area contributed by atoms with Crippen molar-refractivity contribution in [2.24, 2.45) is 0 Å². The van der Waals surface area contributed by atoms with Gasteiger partial charge in [0, 0.05) is 50.2 Å². The van der Waals surface area contributed by atoms with Crippen LogP contribution < -0.4 is 0 Å². The maximum Gasteiger partial charge on any atom is 0.254 e. The van der Waals surface area contributed by atoms with E-state index in [-0.39, 0.29) is 5.91 Å². The monoisotopic (exact) mass is 386 g/mol. The fourth-order valence-electron chi connectivity index (χ4n) is 4.67. The van der Waals surface area contributed by atoms with Gasteiger partial charge in [-0.3, -0.25) is 9.69 Å². The lowest BCUT2D eigenvalue weighted by molar-refractivity contribution is 0.0553. The Morgan fingerprint density at radius 2 is 1.76 bits per heavy atom. The van der Waals surface area contributed by atoms with Crippen molar-refractivity contribution >= 4 is 5.91 Å². The number of fused-ring (bicyclic) bond motifs is 1. The van der Waals surface area contributed by atoms with Gasteiger partial charge in [0.2, 0.25) is 0 Å². The van der Waals surface area contributed by atoms with Gasteiger partial charge in [0.25, 0.3) is 5.91 Å². The number of nitrogens with zero attached hydrogens (tertiary/aromatic N) is 4. The Hall–Kier alpha value is -2.92. The molecule has 3 aromatic rings. The first kappa shape index (κ1) is 18.1. The molecule has 0 saturated carbocycles. The lowest BCUT2D eigenvalue weighted by Gasteiger charge is -2.41. The summed E-state index contributed by atoms with van der Waals surface area (Å²) in [7, 11) is 0. The number of carbonyl (C=O) groups is 1. The molecule has 0 spiro atoms. The van der Waals surface area contributed by atoms with Crippen LogP contribution in [0.3, 0.4) is 0 Å². The molecule has 1 atom stereocenters. The maximum absolute atomic E-state index is 13.0. The second-order valence-electron chi connectivity index (χ2n) is 7.99. The van der Waals surface area contributed by atoms with Crippen molar-refractivity contribution in [3.05, 3.63) is 83.7 Å². The molecule has 1 fully saturated rings. The number of rotatable bonds is 3. The number of piperazine rings is 1. The summed E-state index contributed by atoms with van der Waals surface area (Å²) in [6.45, 7) is 3.50. The molecule has 5 nitrogen and oxygen atoms in total. The second kappa shape index (κ2) is 7.84. The van der Waals surface area contributed by atoms with Gasteiger partial charge in [0.15, 0.2) is 0 Å². The van der Waals surface area contributed by atoms with E-state index in [0.717, 1.165) is 43.9 Å². The average Bonchev–Trinajstić information content (AvgIpc) is 3.34. The highest BCUT2D eigenvalue weighted by atomic mass is 16.2. The summed E-state index contributed by atoms with van der Waals surface area (Å²) in [5.74, 6) is 0.118. The molecule has 1 unspecified atom stereocenters. The molecular formula is C24H26N4O. The zero-order valence-electron chi connectivity index (χ0n) is 16.6. The standard InChI is InChI=1S/C24H26N4O/c29-24(21-7-3-8-23(18-21)28-12-4-11-25-28)27-15-13-26(14-16-27)22-10-9-19-5-1-2-6-20(19)17-22/h1-8,11-12,18,22H,9-10,13-17H2. The number of hydrogen-bond donors (Lipinski definition) is 0. The van der Waals surface area contributed by atoms with Crippen molar-refractivity contribution in [1.82, 2.24) is 19.6 Å². The number of aromatic nitrogens is 2. The van der Waals surface area contributed by atoms with Crippen LogP contribution in [-0.4, -0.2) is 57.7 Å². The van der Waals surface area contributed by atoms with E-state index >= 15 is 0 Å². The first-order chi connectivity index (χ1) is 14.3. The largest absolute Gasteiger partial charge is 0.336 e. The minimum absolute atomic E-state index is 0.118. The van der Waals surface area contributed by atoms with Crippen LogP contribution >= 0.6 is 0 Å². The molecule has 0 radical (unpaired) electrons. The van der Waals surface area contributed by atoms with Crippen LogP contribution in [0.1, 0.15) is 27.9 Å². The van der Waals surface area contributed by atoms with E-state index < -0.39 is 0 Å². The summed E-state index contributed by atoms with van der Waals surface area (Å²) in [6.07, 6.45) is 7.16. The van der Waals surface area contributed by atoms with Crippen LogP contribution in [0.25, 0.3) is 5.69 Å². The van der Waals surface area contributed by atoms with E-state index in [0.29, 0.717) is 6.04 Å². The quantitative estimate of drug-likeness (QED) is 0.694. The van der Waals surface area contributed by atoms with Crippen molar-refractivity contribution in [1.29, 1.82) is 0 Å². The van der Waals surface area contributed by atoms with Gasteiger partial charge in [-0.2, -0.15) is 5.10 Å². The fraction of sp³-hybridized carbons (Fsp3) is 0.333. The Kier molecular flexibility index (Phi) is 4.90. The van der Waals surface area contributed by atoms with Gasteiger partial charge in [-0.1, -0.05) is 30.3 Å². The number of aryl methyl sites for hydroxylation is 1. The topological polar surface area (TPSA) is 41.4 Å². The van der Waals surface area contributed by atoms with Gasteiger partial charge in [-0.05, 0) is 54.7 Å². The molecule has 2 aromatic carbocycles. The van der Waals surface area contributed by atoms with E-state index in [1.54, 1.807) is 10.9 Å². The zero-order chi connectivity index (χ0) is 19.6. The normalized spacial score (nSPS) is 19.7. The minimum Gasteiger partial charge on any atom is -0.336 e. The van der Waals surface area contributed by atoms with Crippen molar-refractivity contribution in [2.75, 3.05) is 26.2 Å². The number of hydrogen-bond acceptors (Lipinski definition) is 3. The molecule has 5 heteroatoms. The Bertz CT molecular complexity index is 990. The van der Waals surface area contributed by atoms with Crippen LogP contribution in [0.4, 0.5) is 0 Å². The highest BCUT2D eigenvalue weighted by molar-refractivity contribution is 5.94. The van der Waals surface area contributed by atoms with E-state index in [9.17, 15) is 4.79 Å². The molecule has 1 saturated heterocycles. The molecule has 1 aliphatic heterocycles. The SMILES string of the molecule is O=C(c1cccc(-n2cccn2)c1)N1CCN(C2CCc3ccccc3C2)CC1. The average molecular weight is 386 g/mol. The first-order valence-electron chi connectivity index (χ1n) is 10.5. The van der Waals surface area contributed by atoms with E-state index in [2.05, 4.69) is 34.3 Å². The molecule has 1 aliphatic carbocycles. The summed E-state index contributed by atoms with van der Waals surface area (Å²) in [4.78, 5) is 17.6. The molecule has 29 heavy (non-hydrogen) atoms. The number of benzene rings is 2. The van der Waals surface area contributed by atoms with Gasteiger partial charge >= 0.3 is 0 Å². The number of amides is 1. The van der Waals surface area contributed by atoms with Crippen LogP contribution in [0.5, 0.6) is 0 Å². The van der Waals surface area contributed by atoms with Crippen molar-refractivity contribution in [3.63, 3.8) is 0 Å². The van der Waals surface area contributed by atoms with E-state index in [1.807, 2.05) is 41.4 Å². The zero-order valence-corrected chi connectivity index (χ0v) is 16.6. The van der Waals surface area contributed by atoms with Gasteiger partial charge < -0.3 is 4.90 Å². The molecular weight excluding hydrogens is 360 g/mol. The first-order valence-corrected chi connectivity index (χ1v) is 10.5. The smallest absolute Gasteiger partial charge is 0.254 e. The minimum atomic E-state index is 0.118. The lowest BCUT2D eigenvalue weighted by atomic mass is 9.87. The molecule has 1 amide bonds. The summed E-state index contributed by atoms with van der Waals surface area (Å²) in [5.41, 5.74) is 4.66. The van der Waals surface area contributed by atoms with Crippen LogP contribution in [0, 0.1) is 0 Å². The van der Waals surface area contributed by atoms with Crippen molar-refractivity contribution in [2.45, 2.75) is 25.3 Å². The molecule has 2 heterocycles. The van der Waals surface area contributed by atoms with Crippen LogP contribution in [0.15, 0.2) is 67.0 Å². The van der Waals surface area contributed by atoms with Gasteiger partial charge in [-0.25, -0.2) is 4.68 Å². The predicted molar refractivity (Wildman–Crippen MR) is 113 cm³/mol. The fourth-order valence-corrected chi connectivity index (χ4v) is 4.67. The molecule has 0 N–H and O–H groups in total. The Morgan fingerprint density at radius 3 is 2.55 bits per heavy atom. The lowest BCUT2D eigenvalue weighted by Crippen LogP contribution is -2.53. The van der Waals surface area contributed by atoms with Gasteiger partial charge in [-0.15, -0.1) is 0 Å². The molecule has 148 valence electrons. The third-order valence-corrected chi connectivity index (χ3v) is 6.30. The summed E-state index contributed by atoms with van der Waals surface area (Å²) in [5, 5.41) is 4.26. The van der Waals surface area contributed by atoms with Crippen LogP contribution in [-0.2, 0) is 12.8 Å². The summed E-state index contributed by atoms with van der Waals surface area (Å²) in [6, 6.07) is 19.1. The predicted octanol–water partition coefficient (Wildman–Crippen LogP) is 3.19. The third kappa shape index (κ3) is 3.70. The highest BCUT2D eigenvalue weighted by Crippen LogP contribution is 2.25. The number of carbonyl (C=O) groups excluding carboxylic acids is 1. The molecule has 0 bridgehead atoms. The Balaban J connectivity index is 1.22. The summed E-state index contributed by atoms with van der Waals surface area (Å²) >= 11 is 0. The van der Waals surface area contributed by atoms with Crippen molar-refractivity contribution < 1.29 is 4.79 Å². The molecule has 1 aromatic heterocycles. The maximum atomic E-state index is 13.0. The third-order valence-electron chi connectivity index (χ3n) is 6.30. The highest BCUT2D eigenvalue weighted by Gasteiger charge is 2.29. The van der Waals surface area contributed by atoms with E-state index in [1.165, 1.54) is 24.0 Å². The van der Waals surface area contributed by atoms with Crippen molar-refractivity contribution in [3.8, 4) is 5.69 Å². The van der Waals surface area contributed by atoms with E-state index in [4.69, 9.17) is 0 Å².